The van der Waals surface area contributed by atoms with Crippen molar-refractivity contribution in [3.05, 3.63) is 0 Å². The molecule has 7 nitrogen and oxygen atoms in total. The Balaban J connectivity index is 2.52. The van der Waals surface area contributed by atoms with Gasteiger partial charge in [0.15, 0.2) is 0 Å². The number of nitrogens with zero attached hydrogens (tertiary/aromatic N) is 1. The number of hydrogen-bond donors (Lipinski definition) is 3. The molecule has 1 rings (SSSR count). The smallest absolute Gasteiger partial charge is 0.326 e. The van der Waals surface area contributed by atoms with Gasteiger partial charge in [-0.3, -0.25) is 4.79 Å². The molecule has 20 heavy (non-hydrogen) atoms. The number of primary amides is 1. The molecule has 1 saturated heterocycles. The summed E-state index contributed by atoms with van der Waals surface area (Å²) >= 11 is 1.82. The Morgan fingerprint density at radius 2 is 2.20 bits per heavy atom. The molecular formula is C12H21N3O4S. The Morgan fingerprint density at radius 1 is 1.50 bits per heavy atom. The molecule has 0 aromatic heterocycles. The number of nitrogens with one attached hydrogen (secondary N) is 1. The van der Waals surface area contributed by atoms with Gasteiger partial charge >= 0.3 is 12.0 Å². The van der Waals surface area contributed by atoms with Crippen molar-refractivity contribution >= 4 is 29.7 Å². The van der Waals surface area contributed by atoms with E-state index in [1.54, 1.807) is 4.90 Å². The SMILES string of the molecule is CCC1CN(C(=O)NC(CCC(N)=O)C(=O)O)CCS1. The molecule has 4 N–H and O–H groups in total. The number of thioether (sulfide) groups is 1. The number of amides is 3. The number of hydrogen-bond acceptors (Lipinski definition) is 4. The summed E-state index contributed by atoms with van der Waals surface area (Å²) in [6.45, 7) is 3.29. The second kappa shape index (κ2) is 7.98. The van der Waals surface area contributed by atoms with E-state index >= 15 is 0 Å². The topological polar surface area (TPSA) is 113 Å². The van der Waals surface area contributed by atoms with Gasteiger partial charge < -0.3 is 21.1 Å². The van der Waals surface area contributed by atoms with Gasteiger partial charge in [-0.15, -0.1) is 0 Å². The van der Waals surface area contributed by atoms with Gasteiger partial charge in [0, 0.05) is 30.5 Å². The minimum atomic E-state index is -1.15. The van der Waals surface area contributed by atoms with E-state index in [1.165, 1.54) is 0 Å². The second-order valence-corrected chi connectivity index (χ2v) is 6.10. The van der Waals surface area contributed by atoms with Gasteiger partial charge in [0.1, 0.15) is 6.04 Å². The number of urea groups is 1. The van der Waals surface area contributed by atoms with Crippen molar-refractivity contribution < 1.29 is 19.5 Å². The van der Waals surface area contributed by atoms with Gasteiger partial charge in [-0.05, 0) is 12.8 Å². The van der Waals surface area contributed by atoms with Gasteiger partial charge in [0.25, 0.3) is 0 Å². The van der Waals surface area contributed by atoms with Crippen LogP contribution in [0.4, 0.5) is 4.79 Å². The van der Waals surface area contributed by atoms with Crippen molar-refractivity contribution in [1.82, 2.24) is 10.2 Å². The average Bonchev–Trinajstić information content (AvgIpc) is 2.42. The summed E-state index contributed by atoms with van der Waals surface area (Å²) in [5.74, 6) is -0.880. The first-order valence-corrected chi connectivity index (χ1v) is 7.67. The molecule has 114 valence electrons. The minimum absolute atomic E-state index is 0.0101. The van der Waals surface area contributed by atoms with Gasteiger partial charge in [0.05, 0.1) is 0 Å². The number of nitrogens with two attached hydrogens (primary N) is 1. The lowest BCUT2D eigenvalue weighted by Crippen LogP contribution is -2.51. The largest absolute Gasteiger partial charge is 0.480 e. The minimum Gasteiger partial charge on any atom is -0.480 e. The molecule has 0 aromatic carbocycles. The molecule has 0 spiro atoms. The van der Waals surface area contributed by atoms with Crippen LogP contribution >= 0.6 is 11.8 Å². The predicted molar refractivity (Wildman–Crippen MR) is 76.5 cm³/mol. The van der Waals surface area contributed by atoms with E-state index < -0.39 is 17.9 Å². The monoisotopic (exact) mass is 303 g/mol. The highest BCUT2D eigenvalue weighted by atomic mass is 32.2. The lowest BCUT2D eigenvalue weighted by molar-refractivity contribution is -0.139. The zero-order chi connectivity index (χ0) is 15.1. The molecule has 0 radical (unpaired) electrons. The Hall–Kier alpha value is -1.44. The lowest BCUT2D eigenvalue weighted by Gasteiger charge is -2.32. The van der Waals surface area contributed by atoms with Crippen LogP contribution in [-0.4, -0.2) is 58.0 Å². The fourth-order valence-corrected chi connectivity index (χ4v) is 3.12. The third-order valence-corrected chi connectivity index (χ3v) is 4.53. The Labute approximate surface area is 122 Å². The van der Waals surface area contributed by atoms with E-state index in [0.29, 0.717) is 18.3 Å². The maximum absolute atomic E-state index is 12.0. The van der Waals surface area contributed by atoms with Crippen LogP contribution in [0.5, 0.6) is 0 Å². The first-order chi connectivity index (χ1) is 9.43. The molecular weight excluding hydrogens is 282 g/mol. The van der Waals surface area contributed by atoms with Gasteiger partial charge in [-0.2, -0.15) is 11.8 Å². The maximum Gasteiger partial charge on any atom is 0.326 e. The van der Waals surface area contributed by atoms with E-state index in [4.69, 9.17) is 10.8 Å². The number of carboxylic acid groups (broad SMARTS) is 1. The fourth-order valence-electron chi connectivity index (χ4n) is 1.94. The molecule has 0 aliphatic carbocycles. The quantitative estimate of drug-likeness (QED) is 0.650. The third kappa shape index (κ3) is 5.28. The molecule has 0 saturated carbocycles. The Bertz CT molecular complexity index is 378. The summed E-state index contributed by atoms with van der Waals surface area (Å²) in [5, 5.41) is 11.9. The maximum atomic E-state index is 12.0. The van der Waals surface area contributed by atoms with E-state index in [9.17, 15) is 14.4 Å². The Kier molecular flexibility index (Phi) is 6.63. The first-order valence-electron chi connectivity index (χ1n) is 6.62. The van der Waals surface area contributed by atoms with Crippen molar-refractivity contribution in [2.75, 3.05) is 18.8 Å². The van der Waals surface area contributed by atoms with Gasteiger partial charge in [-0.25, -0.2) is 9.59 Å². The Morgan fingerprint density at radius 3 is 2.75 bits per heavy atom. The molecule has 1 aliphatic rings. The predicted octanol–water partition coefficient (Wildman–Crippen LogP) is 0.242. The van der Waals surface area contributed by atoms with Crippen molar-refractivity contribution in [3.8, 4) is 0 Å². The van der Waals surface area contributed by atoms with E-state index in [1.807, 2.05) is 11.8 Å². The highest BCUT2D eigenvalue weighted by Gasteiger charge is 2.27. The lowest BCUT2D eigenvalue weighted by atomic mass is 10.1. The number of carbonyl (C=O) groups is 3. The summed E-state index contributed by atoms with van der Waals surface area (Å²) < 4.78 is 0. The van der Waals surface area contributed by atoms with Crippen LogP contribution in [0.2, 0.25) is 0 Å². The summed E-state index contributed by atoms with van der Waals surface area (Å²) in [4.78, 5) is 35.4. The molecule has 0 aromatic rings. The van der Waals surface area contributed by atoms with Crippen LogP contribution in [-0.2, 0) is 9.59 Å². The van der Waals surface area contributed by atoms with Crippen LogP contribution in [0.1, 0.15) is 26.2 Å². The summed E-state index contributed by atoms with van der Waals surface area (Å²) in [5.41, 5.74) is 4.99. The molecule has 8 heteroatoms. The number of carbonyl (C=O) groups excluding carboxylic acids is 2. The molecule has 2 unspecified atom stereocenters. The van der Waals surface area contributed by atoms with E-state index in [-0.39, 0.29) is 18.9 Å². The highest BCUT2D eigenvalue weighted by Crippen LogP contribution is 2.21. The molecule has 1 fully saturated rings. The van der Waals surface area contributed by atoms with E-state index in [0.717, 1.165) is 12.2 Å². The summed E-state index contributed by atoms with van der Waals surface area (Å²) in [6.07, 6.45) is 0.916. The van der Waals surface area contributed by atoms with Crippen molar-refractivity contribution in [3.63, 3.8) is 0 Å². The van der Waals surface area contributed by atoms with Crippen LogP contribution < -0.4 is 11.1 Å². The highest BCUT2D eigenvalue weighted by molar-refractivity contribution is 8.00. The summed E-state index contributed by atoms with van der Waals surface area (Å²) in [6, 6.07) is -1.47. The number of rotatable bonds is 6. The summed E-state index contributed by atoms with van der Waals surface area (Å²) in [7, 11) is 0. The van der Waals surface area contributed by atoms with Crippen molar-refractivity contribution in [2.45, 2.75) is 37.5 Å². The van der Waals surface area contributed by atoms with Crippen LogP contribution in [0.3, 0.4) is 0 Å². The average molecular weight is 303 g/mol. The zero-order valence-corrected chi connectivity index (χ0v) is 12.3. The van der Waals surface area contributed by atoms with Crippen LogP contribution in [0.25, 0.3) is 0 Å². The molecule has 1 aliphatic heterocycles. The van der Waals surface area contributed by atoms with Crippen molar-refractivity contribution in [1.29, 1.82) is 0 Å². The fraction of sp³-hybridized carbons (Fsp3) is 0.750. The zero-order valence-electron chi connectivity index (χ0n) is 11.5. The molecule has 1 heterocycles. The van der Waals surface area contributed by atoms with Crippen molar-refractivity contribution in [2.24, 2.45) is 5.73 Å². The molecule has 0 bridgehead atoms. The molecule has 3 amide bonds. The van der Waals surface area contributed by atoms with Gasteiger partial charge in [0.2, 0.25) is 5.91 Å². The molecule has 2 atom stereocenters. The first kappa shape index (κ1) is 16.6. The van der Waals surface area contributed by atoms with Gasteiger partial charge in [-0.1, -0.05) is 6.92 Å². The normalized spacial score (nSPS) is 20.2. The second-order valence-electron chi connectivity index (χ2n) is 4.69. The van der Waals surface area contributed by atoms with Crippen LogP contribution in [0.15, 0.2) is 0 Å². The van der Waals surface area contributed by atoms with Crippen LogP contribution in [0, 0.1) is 0 Å². The van der Waals surface area contributed by atoms with E-state index in [2.05, 4.69) is 12.2 Å². The number of carboxylic acids is 1. The standard InChI is InChI=1S/C12H21N3O4S/c1-2-8-7-15(5-6-20-8)12(19)14-9(11(17)18)3-4-10(13)16/h8-9H,2-7H2,1H3,(H2,13,16)(H,14,19)(H,17,18). The number of aliphatic carboxylic acids is 1. The third-order valence-electron chi connectivity index (χ3n) is 3.16.